The number of carbonyl (C=O) groups is 1. The van der Waals surface area contributed by atoms with Crippen molar-refractivity contribution in [1.29, 1.82) is 5.26 Å². The van der Waals surface area contributed by atoms with Gasteiger partial charge in [0, 0.05) is 10.4 Å². The number of nitrogens with one attached hydrogen (secondary N) is 1. The van der Waals surface area contributed by atoms with Gasteiger partial charge in [-0.05, 0) is 31.7 Å². The first-order valence-corrected chi connectivity index (χ1v) is 8.73. The number of benzene rings is 1. The number of fused-ring (bicyclic) bond motifs is 1. The molecule has 1 aromatic carbocycles. The number of hydrogen-bond donors (Lipinski definition) is 2. The highest BCUT2D eigenvalue weighted by Crippen LogP contribution is 2.38. The van der Waals surface area contributed by atoms with Crippen molar-refractivity contribution < 1.29 is 10.1 Å². The SMILES string of the molecule is C[C@H]([NH2+]CC(=O)Nc1sc2c(c1C#N)CCC2)c1ccccc1. The molecule has 0 bridgehead atoms. The molecule has 23 heavy (non-hydrogen) atoms. The summed E-state index contributed by atoms with van der Waals surface area (Å²) in [5.74, 6) is -0.0517. The third kappa shape index (κ3) is 3.44. The molecule has 4 nitrogen and oxygen atoms in total. The fourth-order valence-corrected chi connectivity index (χ4v) is 4.22. The molecule has 0 unspecified atom stereocenters. The summed E-state index contributed by atoms with van der Waals surface area (Å²) in [6, 6.07) is 12.6. The highest BCUT2D eigenvalue weighted by molar-refractivity contribution is 7.16. The molecule has 1 heterocycles. The third-order valence-electron chi connectivity index (χ3n) is 4.27. The molecule has 1 aliphatic carbocycles. The van der Waals surface area contributed by atoms with E-state index in [1.165, 1.54) is 10.4 Å². The third-order valence-corrected chi connectivity index (χ3v) is 5.48. The predicted molar refractivity (Wildman–Crippen MR) is 91.3 cm³/mol. The molecule has 0 spiro atoms. The largest absolute Gasteiger partial charge is 0.333 e. The van der Waals surface area contributed by atoms with Crippen LogP contribution in [-0.4, -0.2) is 12.5 Å². The average Bonchev–Trinajstić information content (AvgIpc) is 3.14. The molecule has 0 radical (unpaired) electrons. The molecule has 118 valence electrons. The average molecular weight is 326 g/mol. The van der Waals surface area contributed by atoms with Gasteiger partial charge in [-0.3, -0.25) is 4.79 Å². The van der Waals surface area contributed by atoms with Crippen molar-refractivity contribution in [3.05, 3.63) is 51.9 Å². The Labute approximate surface area is 140 Å². The predicted octanol–water partition coefficient (Wildman–Crippen LogP) is 2.37. The molecular weight excluding hydrogens is 306 g/mol. The Morgan fingerprint density at radius 2 is 2.17 bits per heavy atom. The van der Waals surface area contributed by atoms with Crippen LogP contribution in [-0.2, 0) is 17.6 Å². The van der Waals surface area contributed by atoms with Gasteiger partial charge in [0.2, 0.25) is 0 Å². The van der Waals surface area contributed by atoms with Crippen molar-refractivity contribution in [2.45, 2.75) is 32.2 Å². The van der Waals surface area contributed by atoms with Gasteiger partial charge in [-0.25, -0.2) is 0 Å². The number of nitrogens with two attached hydrogens (primary N) is 1. The maximum absolute atomic E-state index is 12.2. The number of nitrogens with zero attached hydrogens (tertiary/aromatic N) is 1. The van der Waals surface area contributed by atoms with Crippen molar-refractivity contribution in [2.75, 3.05) is 11.9 Å². The summed E-state index contributed by atoms with van der Waals surface area (Å²) in [5.41, 5.74) is 3.02. The van der Waals surface area contributed by atoms with Crippen molar-refractivity contribution in [2.24, 2.45) is 0 Å². The van der Waals surface area contributed by atoms with Crippen LogP contribution >= 0.6 is 11.3 Å². The maximum atomic E-state index is 12.2. The van der Waals surface area contributed by atoms with Crippen LogP contribution in [0.4, 0.5) is 5.00 Å². The number of thiophene rings is 1. The Morgan fingerprint density at radius 3 is 2.91 bits per heavy atom. The number of rotatable bonds is 5. The van der Waals surface area contributed by atoms with E-state index < -0.39 is 0 Å². The van der Waals surface area contributed by atoms with Gasteiger partial charge in [0.1, 0.15) is 17.1 Å². The van der Waals surface area contributed by atoms with Gasteiger partial charge in [-0.2, -0.15) is 5.26 Å². The number of aryl methyl sites for hydroxylation is 1. The molecule has 3 N–H and O–H groups in total. The van der Waals surface area contributed by atoms with Crippen LogP contribution < -0.4 is 10.6 Å². The molecule has 2 aromatic rings. The number of amides is 1. The topological polar surface area (TPSA) is 69.5 Å². The Hall–Kier alpha value is -2.16. The zero-order valence-corrected chi connectivity index (χ0v) is 14.0. The van der Waals surface area contributed by atoms with Gasteiger partial charge in [0.25, 0.3) is 5.91 Å². The van der Waals surface area contributed by atoms with Crippen LogP contribution in [0.3, 0.4) is 0 Å². The highest BCUT2D eigenvalue weighted by Gasteiger charge is 2.23. The van der Waals surface area contributed by atoms with E-state index in [1.807, 2.05) is 23.5 Å². The zero-order chi connectivity index (χ0) is 16.2. The van der Waals surface area contributed by atoms with E-state index in [4.69, 9.17) is 0 Å². The van der Waals surface area contributed by atoms with Gasteiger partial charge >= 0.3 is 0 Å². The van der Waals surface area contributed by atoms with Crippen molar-refractivity contribution in [3.8, 4) is 6.07 Å². The second-order valence-electron chi connectivity index (χ2n) is 5.86. The van der Waals surface area contributed by atoms with E-state index in [9.17, 15) is 10.1 Å². The van der Waals surface area contributed by atoms with E-state index in [-0.39, 0.29) is 11.9 Å². The van der Waals surface area contributed by atoms with E-state index in [0.717, 1.165) is 29.8 Å². The molecule has 3 rings (SSSR count). The van der Waals surface area contributed by atoms with Crippen LogP contribution in [0.5, 0.6) is 0 Å². The van der Waals surface area contributed by atoms with Gasteiger partial charge in [0.15, 0.2) is 6.54 Å². The molecule has 0 saturated heterocycles. The van der Waals surface area contributed by atoms with Gasteiger partial charge in [-0.1, -0.05) is 30.3 Å². The summed E-state index contributed by atoms with van der Waals surface area (Å²) in [6.07, 6.45) is 3.11. The first-order valence-electron chi connectivity index (χ1n) is 7.91. The highest BCUT2D eigenvalue weighted by atomic mass is 32.1. The molecule has 0 fully saturated rings. The molecule has 1 aromatic heterocycles. The Kier molecular flexibility index (Phi) is 4.75. The fourth-order valence-electron chi connectivity index (χ4n) is 2.96. The van der Waals surface area contributed by atoms with E-state index in [0.29, 0.717) is 12.1 Å². The lowest BCUT2D eigenvalue weighted by molar-refractivity contribution is -0.682. The lowest BCUT2D eigenvalue weighted by Crippen LogP contribution is -2.86. The summed E-state index contributed by atoms with van der Waals surface area (Å²) in [4.78, 5) is 13.5. The maximum Gasteiger partial charge on any atom is 0.280 e. The van der Waals surface area contributed by atoms with Crippen molar-refractivity contribution in [1.82, 2.24) is 0 Å². The molecule has 5 heteroatoms. The Morgan fingerprint density at radius 1 is 1.39 bits per heavy atom. The van der Waals surface area contributed by atoms with E-state index in [2.05, 4.69) is 30.4 Å². The first kappa shape index (κ1) is 15.7. The first-order chi connectivity index (χ1) is 11.2. The minimum Gasteiger partial charge on any atom is -0.333 e. The van der Waals surface area contributed by atoms with Crippen LogP contribution in [0.1, 0.15) is 41.0 Å². The van der Waals surface area contributed by atoms with Crippen molar-refractivity contribution >= 4 is 22.2 Å². The zero-order valence-electron chi connectivity index (χ0n) is 13.1. The number of carbonyl (C=O) groups excluding carboxylic acids is 1. The van der Waals surface area contributed by atoms with Gasteiger partial charge in [-0.15, -0.1) is 11.3 Å². The molecular formula is C18H20N3OS+. The van der Waals surface area contributed by atoms with E-state index >= 15 is 0 Å². The molecule has 1 aliphatic rings. The van der Waals surface area contributed by atoms with Crippen LogP contribution in [0.2, 0.25) is 0 Å². The van der Waals surface area contributed by atoms with E-state index in [1.54, 1.807) is 11.3 Å². The smallest absolute Gasteiger partial charge is 0.280 e. The normalized spacial score (nSPS) is 14.1. The summed E-state index contributed by atoms with van der Waals surface area (Å²) in [7, 11) is 0. The number of quaternary nitrogens is 1. The van der Waals surface area contributed by atoms with Crippen LogP contribution in [0.15, 0.2) is 30.3 Å². The lowest BCUT2D eigenvalue weighted by atomic mass is 10.1. The Balaban J connectivity index is 1.59. The number of hydrogen-bond acceptors (Lipinski definition) is 3. The standard InChI is InChI=1S/C18H19N3OS/c1-12(13-6-3-2-4-7-13)20-11-17(22)21-18-15(10-19)14-8-5-9-16(14)23-18/h2-4,6-7,12,20H,5,8-9,11H2,1H3,(H,21,22)/p+1/t12-/m0/s1. The molecule has 1 amide bonds. The second-order valence-corrected chi connectivity index (χ2v) is 6.97. The van der Waals surface area contributed by atoms with Gasteiger partial charge in [0.05, 0.1) is 5.56 Å². The summed E-state index contributed by atoms with van der Waals surface area (Å²) >= 11 is 1.56. The molecule has 0 saturated carbocycles. The van der Waals surface area contributed by atoms with Crippen LogP contribution in [0.25, 0.3) is 0 Å². The minimum absolute atomic E-state index is 0.0517. The second kappa shape index (κ2) is 6.95. The quantitative estimate of drug-likeness (QED) is 0.885. The van der Waals surface area contributed by atoms with Crippen molar-refractivity contribution in [3.63, 3.8) is 0 Å². The Bertz CT molecular complexity index is 746. The number of anilines is 1. The van der Waals surface area contributed by atoms with Crippen LogP contribution in [0, 0.1) is 11.3 Å². The monoisotopic (exact) mass is 326 g/mol. The molecule has 0 aliphatic heterocycles. The van der Waals surface area contributed by atoms with Gasteiger partial charge < -0.3 is 10.6 Å². The lowest BCUT2D eigenvalue weighted by Gasteiger charge is -2.10. The minimum atomic E-state index is -0.0517. The summed E-state index contributed by atoms with van der Waals surface area (Å²) in [6.45, 7) is 2.44. The molecule has 1 atom stereocenters. The number of nitriles is 1. The fraction of sp³-hybridized carbons (Fsp3) is 0.333. The summed E-state index contributed by atoms with van der Waals surface area (Å²) in [5, 5.41) is 15.0. The summed E-state index contributed by atoms with van der Waals surface area (Å²) < 4.78 is 0.